The lowest BCUT2D eigenvalue weighted by molar-refractivity contribution is 0.204. The lowest BCUT2D eigenvalue weighted by atomic mass is 10.3. The van der Waals surface area contributed by atoms with Gasteiger partial charge in [-0.05, 0) is 37.1 Å². The summed E-state index contributed by atoms with van der Waals surface area (Å²) in [5.41, 5.74) is 6.36. The summed E-state index contributed by atoms with van der Waals surface area (Å²) in [6, 6.07) is 10.3. The van der Waals surface area contributed by atoms with E-state index in [0.29, 0.717) is 19.1 Å². The maximum absolute atomic E-state index is 8.63. The summed E-state index contributed by atoms with van der Waals surface area (Å²) in [6.45, 7) is 2.40. The van der Waals surface area contributed by atoms with Crippen LogP contribution in [0, 0.1) is 11.3 Å². The molecule has 18 heavy (non-hydrogen) atoms. The van der Waals surface area contributed by atoms with Crippen molar-refractivity contribution in [3.8, 4) is 11.8 Å². The van der Waals surface area contributed by atoms with E-state index in [2.05, 4.69) is 11.0 Å². The molecule has 1 aliphatic carbocycles. The number of rotatable bonds is 7. The number of nitrogens with two attached hydrogens (primary N) is 1. The van der Waals surface area contributed by atoms with Gasteiger partial charge >= 0.3 is 0 Å². The zero-order valence-electron chi connectivity index (χ0n) is 10.5. The van der Waals surface area contributed by atoms with E-state index in [1.807, 2.05) is 24.3 Å². The molecule has 1 fully saturated rings. The summed E-state index contributed by atoms with van der Waals surface area (Å²) in [5, 5.41) is 8.63. The Morgan fingerprint density at radius 2 is 2.00 bits per heavy atom. The number of nitrogens with zero attached hydrogens (tertiary/aromatic N) is 2. The van der Waals surface area contributed by atoms with E-state index >= 15 is 0 Å². The third-order valence-electron chi connectivity index (χ3n) is 3.10. The van der Waals surface area contributed by atoms with Gasteiger partial charge in [-0.1, -0.05) is 0 Å². The van der Waals surface area contributed by atoms with Gasteiger partial charge < -0.3 is 10.5 Å². The minimum Gasteiger partial charge on any atom is -0.492 e. The molecule has 0 saturated heterocycles. The quantitative estimate of drug-likeness (QED) is 0.747. The maximum atomic E-state index is 8.63. The number of ether oxygens (including phenoxy) is 1. The number of hydrogen-bond acceptors (Lipinski definition) is 4. The smallest absolute Gasteiger partial charge is 0.119 e. The molecule has 0 aromatic heterocycles. The highest BCUT2D eigenvalue weighted by molar-refractivity contribution is 5.41. The van der Waals surface area contributed by atoms with E-state index in [0.717, 1.165) is 24.5 Å². The zero-order valence-corrected chi connectivity index (χ0v) is 10.5. The van der Waals surface area contributed by atoms with Gasteiger partial charge in [0.05, 0.1) is 6.07 Å². The fourth-order valence-electron chi connectivity index (χ4n) is 1.96. The predicted octanol–water partition coefficient (Wildman–Crippen LogP) is 2.03. The van der Waals surface area contributed by atoms with Crippen molar-refractivity contribution < 1.29 is 4.74 Å². The Labute approximate surface area is 108 Å². The van der Waals surface area contributed by atoms with E-state index in [1.54, 1.807) is 0 Å². The van der Waals surface area contributed by atoms with E-state index in [1.165, 1.54) is 12.8 Å². The van der Waals surface area contributed by atoms with Crippen molar-refractivity contribution in [1.82, 2.24) is 4.90 Å². The van der Waals surface area contributed by atoms with E-state index < -0.39 is 0 Å². The molecule has 4 nitrogen and oxygen atoms in total. The number of hydrogen-bond donors (Lipinski definition) is 1. The molecule has 0 aliphatic heterocycles. The molecule has 1 aromatic carbocycles. The Morgan fingerprint density at radius 1 is 1.28 bits per heavy atom. The fourth-order valence-corrected chi connectivity index (χ4v) is 1.96. The van der Waals surface area contributed by atoms with E-state index in [4.69, 9.17) is 15.7 Å². The van der Waals surface area contributed by atoms with E-state index in [9.17, 15) is 0 Å². The minimum atomic E-state index is 0.596. The topological polar surface area (TPSA) is 62.3 Å². The van der Waals surface area contributed by atoms with Crippen molar-refractivity contribution in [3.63, 3.8) is 0 Å². The molecule has 2 rings (SSSR count). The molecule has 0 radical (unpaired) electrons. The molecule has 0 heterocycles. The van der Waals surface area contributed by atoms with Gasteiger partial charge in [-0.15, -0.1) is 0 Å². The molecule has 4 heteroatoms. The molecule has 0 atom stereocenters. The standard InChI is InChI=1S/C14H19N3O/c15-8-1-9-17(13-4-5-13)10-11-18-14-6-2-12(16)3-7-14/h2-3,6-7,13H,1,4-5,9-11,16H2. The highest BCUT2D eigenvalue weighted by atomic mass is 16.5. The van der Waals surface area contributed by atoms with Crippen LogP contribution in [-0.2, 0) is 0 Å². The lowest BCUT2D eigenvalue weighted by Crippen LogP contribution is -2.31. The third-order valence-corrected chi connectivity index (χ3v) is 3.10. The molecule has 1 saturated carbocycles. The summed E-state index contributed by atoms with van der Waals surface area (Å²) in [4.78, 5) is 2.35. The Kier molecular flexibility index (Phi) is 4.43. The minimum absolute atomic E-state index is 0.596. The van der Waals surface area contributed by atoms with Gasteiger partial charge in [0.2, 0.25) is 0 Å². The van der Waals surface area contributed by atoms with Crippen molar-refractivity contribution >= 4 is 5.69 Å². The molecule has 1 aromatic rings. The predicted molar refractivity (Wildman–Crippen MR) is 71.2 cm³/mol. The first-order chi connectivity index (χ1) is 8.79. The van der Waals surface area contributed by atoms with Crippen LogP contribution >= 0.6 is 0 Å². The highest BCUT2D eigenvalue weighted by Gasteiger charge is 2.28. The van der Waals surface area contributed by atoms with Crippen molar-refractivity contribution in [3.05, 3.63) is 24.3 Å². The van der Waals surface area contributed by atoms with Crippen LogP contribution in [0.5, 0.6) is 5.75 Å². The first kappa shape index (κ1) is 12.7. The zero-order chi connectivity index (χ0) is 12.8. The second kappa shape index (κ2) is 6.27. The molecule has 0 bridgehead atoms. The van der Waals surface area contributed by atoms with Crippen LogP contribution in [0.4, 0.5) is 5.69 Å². The average Bonchev–Trinajstić information content (AvgIpc) is 3.20. The second-order valence-corrected chi connectivity index (χ2v) is 4.59. The molecule has 1 aliphatic rings. The average molecular weight is 245 g/mol. The number of benzene rings is 1. The highest BCUT2D eigenvalue weighted by Crippen LogP contribution is 2.26. The molecular formula is C14H19N3O. The second-order valence-electron chi connectivity index (χ2n) is 4.59. The molecule has 0 spiro atoms. The summed E-state index contributed by atoms with van der Waals surface area (Å²) in [7, 11) is 0. The first-order valence-electron chi connectivity index (χ1n) is 6.39. The van der Waals surface area contributed by atoms with Gasteiger partial charge in [0, 0.05) is 31.2 Å². The van der Waals surface area contributed by atoms with Crippen molar-refractivity contribution in [1.29, 1.82) is 5.26 Å². The lowest BCUT2D eigenvalue weighted by Gasteiger charge is -2.20. The Morgan fingerprint density at radius 3 is 2.61 bits per heavy atom. The van der Waals surface area contributed by atoms with Crippen molar-refractivity contribution in [2.75, 3.05) is 25.4 Å². The third kappa shape index (κ3) is 3.94. The summed E-state index contributed by atoms with van der Waals surface area (Å²) >= 11 is 0. The Hall–Kier alpha value is -1.73. The van der Waals surface area contributed by atoms with Gasteiger partial charge in [0.15, 0.2) is 0 Å². The number of nitrogen functional groups attached to an aromatic ring is 1. The number of anilines is 1. The van der Waals surface area contributed by atoms with Crippen LogP contribution in [-0.4, -0.2) is 30.6 Å². The largest absolute Gasteiger partial charge is 0.492 e. The van der Waals surface area contributed by atoms with Crippen LogP contribution < -0.4 is 10.5 Å². The van der Waals surface area contributed by atoms with Crippen LogP contribution in [0.25, 0.3) is 0 Å². The van der Waals surface area contributed by atoms with Gasteiger partial charge in [-0.3, -0.25) is 4.90 Å². The van der Waals surface area contributed by atoms with Gasteiger partial charge in [-0.2, -0.15) is 5.26 Å². The van der Waals surface area contributed by atoms with Crippen LogP contribution in [0.1, 0.15) is 19.3 Å². The first-order valence-corrected chi connectivity index (χ1v) is 6.39. The van der Waals surface area contributed by atoms with Crippen LogP contribution in [0.2, 0.25) is 0 Å². The fraction of sp³-hybridized carbons (Fsp3) is 0.500. The SMILES string of the molecule is N#CCCN(CCOc1ccc(N)cc1)C1CC1. The Balaban J connectivity index is 1.72. The molecule has 0 amide bonds. The molecule has 2 N–H and O–H groups in total. The van der Waals surface area contributed by atoms with Gasteiger partial charge in [0.25, 0.3) is 0 Å². The molecule has 0 unspecified atom stereocenters. The summed E-state index contributed by atoms with van der Waals surface area (Å²) in [6.07, 6.45) is 3.11. The summed E-state index contributed by atoms with van der Waals surface area (Å²) < 4.78 is 5.67. The van der Waals surface area contributed by atoms with Gasteiger partial charge in [0.1, 0.15) is 12.4 Å². The van der Waals surface area contributed by atoms with E-state index in [-0.39, 0.29) is 0 Å². The van der Waals surface area contributed by atoms with Crippen molar-refractivity contribution in [2.24, 2.45) is 0 Å². The van der Waals surface area contributed by atoms with Gasteiger partial charge in [-0.25, -0.2) is 0 Å². The van der Waals surface area contributed by atoms with Crippen LogP contribution in [0.15, 0.2) is 24.3 Å². The number of nitriles is 1. The normalized spacial score (nSPS) is 14.4. The molecule has 96 valence electrons. The summed E-state index contributed by atoms with van der Waals surface area (Å²) in [5.74, 6) is 0.847. The monoisotopic (exact) mass is 245 g/mol. The van der Waals surface area contributed by atoms with Crippen molar-refractivity contribution in [2.45, 2.75) is 25.3 Å². The Bertz CT molecular complexity index is 406. The maximum Gasteiger partial charge on any atom is 0.119 e. The van der Waals surface area contributed by atoms with Crippen LogP contribution in [0.3, 0.4) is 0 Å². The molecular weight excluding hydrogens is 226 g/mol.